The van der Waals surface area contributed by atoms with Crippen molar-refractivity contribution in [2.24, 2.45) is 0 Å². The van der Waals surface area contributed by atoms with Crippen LogP contribution >= 0.6 is 0 Å². The SMILES string of the molecule is C/C=C1\CN[C@@H]1C(=O)O. The van der Waals surface area contributed by atoms with Gasteiger partial charge < -0.3 is 5.11 Å². The van der Waals surface area contributed by atoms with Gasteiger partial charge in [-0.25, -0.2) is 0 Å². The Morgan fingerprint density at radius 2 is 2.67 bits per heavy atom. The predicted molar refractivity (Wildman–Crippen MR) is 33.2 cm³/mol. The molecule has 3 heteroatoms. The van der Waals surface area contributed by atoms with Crippen molar-refractivity contribution in [1.82, 2.24) is 5.32 Å². The molecule has 0 spiro atoms. The van der Waals surface area contributed by atoms with Crippen molar-refractivity contribution in [3.63, 3.8) is 0 Å². The van der Waals surface area contributed by atoms with E-state index in [1.807, 2.05) is 13.0 Å². The summed E-state index contributed by atoms with van der Waals surface area (Å²) in [6.07, 6.45) is 1.84. The van der Waals surface area contributed by atoms with E-state index in [0.717, 1.165) is 12.1 Å². The van der Waals surface area contributed by atoms with Gasteiger partial charge in [-0.05, 0) is 12.5 Å². The molecule has 0 saturated carbocycles. The Kier molecular flexibility index (Phi) is 1.53. The minimum Gasteiger partial charge on any atom is -0.480 e. The van der Waals surface area contributed by atoms with E-state index < -0.39 is 12.0 Å². The normalized spacial score (nSPS) is 29.9. The summed E-state index contributed by atoms with van der Waals surface area (Å²) < 4.78 is 0. The first-order valence-electron chi connectivity index (χ1n) is 2.87. The fraction of sp³-hybridized carbons (Fsp3) is 0.500. The minimum absolute atomic E-state index is 0.407. The number of hydrogen-bond donors (Lipinski definition) is 2. The number of carboxylic acids is 1. The van der Waals surface area contributed by atoms with Crippen LogP contribution in [-0.4, -0.2) is 23.7 Å². The zero-order valence-corrected chi connectivity index (χ0v) is 5.22. The zero-order valence-electron chi connectivity index (χ0n) is 5.22. The highest BCUT2D eigenvalue weighted by Gasteiger charge is 2.28. The summed E-state index contributed by atoms with van der Waals surface area (Å²) in [6.45, 7) is 2.58. The number of nitrogens with one attached hydrogen (secondary N) is 1. The van der Waals surface area contributed by atoms with Crippen molar-refractivity contribution >= 4 is 5.97 Å². The molecule has 0 aromatic carbocycles. The fourth-order valence-corrected chi connectivity index (χ4v) is 0.837. The van der Waals surface area contributed by atoms with Crippen molar-refractivity contribution in [2.45, 2.75) is 13.0 Å². The van der Waals surface area contributed by atoms with Crippen molar-refractivity contribution < 1.29 is 9.90 Å². The molecule has 1 heterocycles. The van der Waals surface area contributed by atoms with Crippen molar-refractivity contribution in [3.8, 4) is 0 Å². The molecule has 1 rings (SSSR count). The number of hydrogen-bond acceptors (Lipinski definition) is 2. The lowest BCUT2D eigenvalue weighted by Gasteiger charge is -2.27. The molecular weight excluding hydrogens is 118 g/mol. The maximum absolute atomic E-state index is 10.2. The van der Waals surface area contributed by atoms with Crippen molar-refractivity contribution in [2.75, 3.05) is 6.54 Å². The van der Waals surface area contributed by atoms with Crippen LogP contribution in [0.1, 0.15) is 6.92 Å². The van der Waals surface area contributed by atoms with Gasteiger partial charge in [0.05, 0.1) is 0 Å². The summed E-state index contributed by atoms with van der Waals surface area (Å²) in [6, 6.07) is -0.407. The highest BCUT2D eigenvalue weighted by Crippen LogP contribution is 2.10. The van der Waals surface area contributed by atoms with Gasteiger partial charge in [-0.1, -0.05) is 6.08 Å². The maximum atomic E-state index is 10.2. The van der Waals surface area contributed by atoms with E-state index in [0.29, 0.717) is 0 Å². The van der Waals surface area contributed by atoms with E-state index in [1.165, 1.54) is 0 Å². The number of rotatable bonds is 1. The molecule has 0 radical (unpaired) electrons. The van der Waals surface area contributed by atoms with E-state index in [2.05, 4.69) is 5.32 Å². The van der Waals surface area contributed by atoms with Crippen LogP contribution in [0.4, 0.5) is 0 Å². The van der Waals surface area contributed by atoms with Gasteiger partial charge in [0.25, 0.3) is 0 Å². The Balaban J connectivity index is 2.55. The van der Waals surface area contributed by atoms with Crippen LogP contribution in [0.5, 0.6) is 0 Å². The summed E-state index contributed by atoms with van der Waals surface area (Å²) in [4.78, 5) is 10.2. The van der Waals surface area contributed by atoms with Gasteiger partial charge in [0, 0.05) is 6.54 Å². The second kappa shape index (κ2) is 2.19. The van der Waals surface area contributed by atoms with Crippen LogP contribution in [0.2, 0.25) is 0 Å². The fourth-order valence-electron chi connectivity index (χ4n) is 0.837. The number of carbonyl (C=O) groups is 1. The molecule has 50 valence electrons. The largest absolute Gasteiger partial charge is 0.480 e. The van der Waals surface area contributed by atoms with Gasteiger partial charge in [0.2, 0.25) is 0 Å². The number of allylic oxidation sites excluding steroid dienone is 1. The molecule has 0 unspecified atom stereocenters. The molecule has 1 aliphatic rings. The van der Waals surface area contributed by atoms with Gasteiger partial charge in [0.15, 0.2) is 0 Å². The minimum atomic E-state index is -0.783. The molecule has 0 amide bonds. The Labute approximate surface area is 53.4 Å². The van der Waals surface area contributed by atoms with Crippen molar-refractivity contribution in [3.05, 3.63) is 11.6 Å². The molecule has 1 atom stereocenters. The van der Waals surface area contributed by atoms with E-state index in [-0.39, 0.29) is 0 Å². The van der Waals surface area contributed by atoms with E-state index in [1.54, 1.807) is 0 Å². The maximum Gasteiger partial charge on any atom is 0.325 e. The number of aliphatic carboxylic acids is 1. The van der Waals surface area contributed by atoms with Crippen molar-refractivity contribution in [1.29, 1.82) is 0 Å². The zero-order chi connectivity index (χ0) is 6.85. The van der Waals surface area contributed by atoms with Crippen LogP contribution < -0.4 is 5.32 Å². The third kappa shape index (κ3) is 0.954. The highest BCUT2D eigenvalue weighted by molar-refractivity contribution is 5.79. The third-order valence-corrected chi connectivity index (χ3v) is 1.50. The molecule has 2 N–H and O–H groups in total. The molecule has 0 aromatic heterocycles. The first-order chi connectivity index (χ1) is 4.25. The van der Waals surface area contributed by atoms with Gasteiger partial charge in [-0.2, -0.15) is 0 Å². The predicted octanol–water partition coefficient (Wildman–Crippen LogP) is -0.0109. The molecule has 1 aliphatic heterocycles. The first kappa shape index (κ1) is 6.29. The van der Waals surface area contributed by atoms with Crippen LogP contribution in [0.3, 0.4) is 0 Å². The average Bonchev–Trinajstić information content (AvgIpc) is 1.61. The molecule has 0 bridgehead atoms. The van der Waals surface area contributed by atoms with Crippen LogP contribution in [0.15, 0.2) is 11.6 Å². The first-order valence-corrected chi connectivity index (χ1v) is 2.87. The van der Waals surface area contributed by atoms with E-state index >= 15 is 0 Å². The summed E-state index contributed by atoms with van der Waals surface area (Å²) in [5, 5.41) is 11.2. The lowest BCUT2D eigenvalue weighted by Crippen LogP contribution is -2.51. The van der Waals surface area contributed by atoms with E-state index in [9.17, 15) is 4.79 Å². The summed E-state index contributed by atoms with van der Waals surface area (Å²) in [5.41, 5.74) is 0.975. The Hall–Kier alpha value is -0.830. The molecular formula is C6H9NO2. The monoisotopic (exact) mass is 127 g/mol. The second-order valence-corrected chi connectivity index (χ2v) is 2.02. The summed E-state index contributed by atoms with van der Waals surface area (Å²) in [7, 11) is 0. The third-order valence-electron chi connectivity index (χ3n) is 1.50. The Morgan fingerprint density at radius 1 is 2.00 bits per heavy atom. The van der Waals surface area contributed by atoms with Gasteiger partial charge in [-0.15, -0.1) is 0 Å². The molecule has 1 fully saturated rings. The summed E-state index contributed by atoms with van der Waals surface area (Å²) in [5.74, 6) is -0.783. The van der Waals surface area contributed by atoms with Gasteiger partial charge >= 0.3 is 5.97 Å². The molecule has 9 heavy (non-hydrogen) atoms. The van der Waals surface area contributed by atoms with Crippen LogP contribution in [0, 0.1) is 0 Å². The molecule has 0 aliphatic carbocycles. The van der Waals surface area contributed by atoms with Gasteiger partial charge in [-0.3, -0.25) is 10.1 Å². The Bertz CT molecular complexity index is 162. The topological polar surface area (TPSA) is 49.3 Å². The Morgan fingerprint density at radius 3 is 2.78 bits per heavy atom. The number of carboxylic acid groups (broad SMARTS) is 1. The second-order valence-electron chi connectivity index (χ2n) is 2.02. The molecule has 0 aromatic rings. The lowest BCUT2D eigenvalue weighted by molar-refractivity contribution is -0.139. The highest BCUT2D eigenvalue weighted by atomic mass is 16.4. The molecule has 3 nitrogen and oxygen atoms in total. The summed E-state index contributed by atoms with van der Waals surface area (Å²) >= 11 is 0. The van der Waals surface area contributed by atoms with Crippen LogP contribution in [-0.2, 0) is 4.79 Å². The van der Waals surface area contributed by atoms with Gasteiger partial charge in [0.1, 0.15) is 6.04 Å². The standard InChI is InChI=1S/C6H9NO2/c1-2-4-3-7-5(4)6(8)9/h2,5,7H,3H2,1H3,(H,8,9)/b4-2+/t5-/m0/s1. The smallest absolute Gasteiger partial charge is 0.325 e. The lowest BCUT2D eigenvalue weighted by atomic mass is 10.00. The van der Waals surface area contributed by atoms with E-state index in [4.69, 9.17) is 5.11 Å². The quantitative estimate of drug-likeness (QED) is 0.487. The van der Waals surface area contributed by atoms with Crippen LogP contribution in [0.25, 0.3) is 0 Å². The average molecular weight is 127 g/mol. The molecule has 1 saturated heterocycles.